The first-order valence-electron chi connectivity index (χ1n) is 7.01. The Morgan fingerprint density at radius 3 is 2.75 bits per heavy atom. The zero-order valence-electron chi connectivity index (χ0n) is 12.2. The summed E-state index contributed by atoms with van der Waals surface area (Å²) in [6.45, 7) is 0.159. The van der Waals surface area contributed by atoms with Crippen LogP contribution in [0.1, 0.15) is 5.56 Å². The van der Waals surface area contributed by atoms with Gasteiger partial charge in [0, 0.05) is 10.0 Å². The Labute approximate surface area is 143 Å². The summed E-state index contributed by atoms with van der Waals surface area (Å²) < 4.78 is 12.1. The van der Waals surface area contributed by atoms with Crippen LogP contribution in [0.25, 0.3) is 10.9 Å². The van der Waals surface area contributed by atoms with E-state index in [-0.39, 0.29) is 6.79 Å². The molecule has 120 valence electrons. The van der Waals surface area contributed by atoms with E-state index in [4.69, 9.17) is 9.47 Å². The number of aromatic nitrogens is 2. The van der Waals surface area contributed by atoms with Crippen molar-refractivity contribution in [3.05, 3.63) is 67.3 Å². The lowest BCUT2D eigenvalue weighted by Gasteiger charge is -2.03. The van der Waals surface area contributed by atoms with Crippen LogP contribution in [0.3, 0.4) is 0 Å². The number of benzene rings is 2. The van der Waals surface area contributed by atoms with Crippen molar-refractivity contribution in [1.82, 2.24) is 9.66 Å². The number of hydrogen-bond acceptors (Lipinski definition) is 5. The zero-order valence-corrected chi connectivity index (χ0v) is 13.7. The molecule has 0 saturated heterocycles. The van der Waals surface area contributed by atoms with Crippen molar-refractivity contribution >= 4 is 33.0 Å². The molecule has 0 fully saturated rings. The van der Waals surface area contributed by atoms with E-state index in [0.29, 0.717) is 32.4 Å². The van der Waals surface area contributed by atoms with E-state index in [2.05, 4.69) is 26.0 Å². The molecular formula is C16H10BrN3O4. The van der Waals surface area contributed by atoms with Gasteiger partial charge in [0.1, 0.15) is 0 Å². The van der Waals surface area contributed by atoms with Crippen molar-refractivity contribution in [2.24, 2.45) is 5.10 Å². The molecule has 0 unspecified atom stereocenters. The van der Waals surface area contributed by atoms with Gasteiger partial charge in [-0.05, 0) is 40.2 Å². The highest BCUT2D eigenvalue weighted by molar-refractivity contribution is 9.10. The van der Waals surface area contributed by atoms with E-state index in [1.807, 2.05) is 0 Å². The van der Waals surface area contributed by atoms with Gasteiger partial charge in [-0.25, -0.2) is 4.79 Å². The minimum Gasteiger partial charge on any atom is -0.454 e. The third-order valence-corrected chi connectivity index (χ3v) is 4.27. The molecule has 0 atom stereocenters. The molecule has 1 aliphatic rings. The summed E-state index contributed by atoms with van der Waals surface area (Å²) in [5, 5.41) is 4.41. The first-order valence-corrected chi connectivity index (χ1v) is 7.80. The third-order valence-electron chi connectivity index (χ3n) is 3.59. The van der Waals surface area contributed by atoms with E-state index in [1.165, 1.54) is 6.21 Å². The third kappa shape index (κ3) is 2.41. The maximum Gasteiger partial charge on any atom is 0.349 e. The SMILES string of the molecule is O=c1[nH]c2ccccc2c(=O)n1N=Cc1cc2c(cc1Br)OCO2. The summed E-state index contributed by atoms with van der Waals surface area (Å²) in [5.74, 6) is 1.21. The fourth-order valence-corrected chi connectivity index (χ4v) is 2.83. The molecule has 24 heavy (non-hydrogen) atoms. The molecule has 2 aromatic carbocycles. The molecule has 4 rings (SSSR count). The number of hydrogen-bond donors (Lipinski definition) is 1. The Bertz CT molecular complexity index is 1100. The minimum absolute atomic E-state index is 0.159. The Balaban J connectivity index is 1.81. The minimum atomic E-state index is -0.605. The van der Waals surface area contributed by atoms with Crippen molar-refractivity contribution in [3.8, 4) is 11.5 Å². The zero-order chi connectivity index (χ0) is 16.7. The normalized spacial score (nSPS) is 13.0. The lowest BCUT2D eigenvalue weighted by Crippen LogP contribution is -2.32. The molecule has 0 spiro atoms. The highest BCUT2D eigenvalue weighted by Gasteiger charge is 2.15. The van der Waals surface area contributed by atoms with Crippen LogP contribution in [0, 0.1) is 0 Å². The molecule has 1 aliphatic heterocycles. The van der Waals surface area contributed by atoms with E-state index in [1.54, 1.807) is 36.4 Å². The Hall–Kier alpha value is -2.87. The second kappa shape index (κ2) is 5.64. The number of rotatable bonds is 2. The molecule has 2 heterocycles. The molecule has 7 nitrogen and oxygen atoms in total. The van der Waals surface area contributed by atoms with Crippen molar-refractivity contribution in [2.45, 2.75) is 0 Å². The highest BCUT2D eigenvalue weighted by atomic mass is 79.9. The smallest absolute Gasteiger partial charge is 0.349 e. The highest BCUT2D eigenvalue weighted by Crippen LogP contribution is 2.36. The molecule has 0 radical (unpaired) electrons. The average Bonchev–Trinajstić information content (AvgIpc) is 3.01. The van der Waals surface area contributed by atoms with Gasteiger partial charge in [0.15, 0.2) is 11.5 Å². The number of fused-ring (bicyclic) bond motifs is 2. The topological polar surface area (TPSA) is 85.7 Å². The lowest BCUT2D eigenvalue weighted by atomic mass is 10.2. The first kappa shape index (κ1) is 14.7. The predicted molar refractivity (Wildman–Crippen MR) is 92.1 cm³/mol. The van der Waals surface area contributed by atoms with E-state index >= 15 is 0 Å². The molecule has 1 N–H and O–H groups in total. The number of aromatic amines is 1. The molecule has 0 aliphatic carbocycles. The van der Waals surface area contributed by atoms with Crippen molar-refractivity contribution in [3.63, 3.8) is 0 Å². The number of halogens is 1. The second-order valence-corrected chi connectivity index (χ2v) is 5.92. The van der Waals surface area contributed by atoms with Crippen molar-refractivity contribution < 1.29 is 9.47 Å². The number of ether oxygens (including phenoxy) is 2. The predicted octanol–water partition coefficient (Wildman–Crippen LogP) is 2.06. The van der Waals surface area contributed by atoms with Gasteiger partial charge in [-0.2, -0.15) is 5.10 Å². The maximum absolute atomic E-state index is 12.4. The molecule has 0 amide bonds. The van der Waals surface area contributed by atoms with Gasteiger partial charge in [-0.15, -0.1) is 4.68 Å². The standard InChI is InChI=1S/C16H10BrN3O4/c17-11-6-14-13(23-8-24-14)5-9(11)7-18-20-15(21)10-3-1-2-4-12(10)19-16(20)22/h1-7H,8H2,(H,19,22). The van der Waals surface area contributed by atoms with Crippen LogP contribution in [0.4, 0.5) is 0 Å². The van der Waals surface area contributed by atoms with Crippen LogP contribution in [0.5, 0.6) is 11.5 Å². The van der Waals surface area contributed by atoms with Crippen LogP contribution in [-0.4, -0.2) is 22.7 Å². The fraction of sp³-hybridized carbons (Fsp3) is 0.0625. The Morgan fingerprint density at radius 2 is 1.92 bits per heavy atom. The van der Waals surface area contributed by atoms with Gasteiger partial charge in [-0.3, -0.25) is 4.79 Å². The maximum atomic E-state index is 12.4. The van der Waals surface area contributed by atoms with Crippen molar-refractivity contribution in [2.75, 3.05) is 6.79 Å². The van der Waals surface area contributed by atoms with Crippen molar-refractivity contribution in [1.29, 1.82) is 0 Å². The summed E-state index contributed by atoms with van der Waals surface area (Å²) >= 11 is 3.40. The van der Waals surface area contributed by atoms with E-state index in [0.717, 1.165) is 4.68 Å². The van der Waals surface area contributed by atoms with Crippen LogP contribution in [0.2, 0.25) is 0 Å². The van der Waals surface area contributed by atoms with Gasteiger partial charge in [0.2, 0.25) is 6.79 Å². The van der Waals surface area contributed by atoms with Gasteiger partial charge >= 0.3 is 5.69 Å². The van der Waals surface area contributed by atoms with Crippen LogP contribution >= 0.6 is 15.9 Å². The summed E-state index contributed by atoms with van der Waals surface area (Å²) in [7, 11) is 0. The summed E-state index contributed by atoms with van der Waals surface area (Å²) in [4.78, 5) is 27.1. The Morgan fingerprint density at radius 1 is 1.17 bits per heavy atom. The summed E-state index contributed by atoms with van der Waals surface area (Å²) in [6, 6.07) is 10.2. The second-order valence-electron chi connectivity index (χ2n) is 5.06. The fourth-order valence-electron chi connectivity index (χ4n) is 2.41. The molecular weight excluding hydrogens is 378 g/mol. The monoisotopic (exact) mass is 387 g/mol. The summed E-state index contributed by atoms with van der Waals surface area (Å²) in [6.07, 6.45) is 1.41. The lowest BCUT2D eigenvalue weighted by molar-refractivity contribution is 0.174. The number of para-hydroxylation sites is 1. The largest absolute Gasteiger partial charge is 0.454 e. The molecule has 1 aromatic heterocycles. The van der Waals surface area contributed by atoms with E-state index in [9.17, 15) is 9.59 Å². The quantitative estimate of drug-likeness (QED) is 0.681. The molecule has 3 aromatic rings. The van der Waals surface area contributed by atoms with E-state index < -0.39 is 11.2 Å². The van der Waals surface area contributed by atoms with Gasteiger partial charge < -0.3 is 14.5 Å². The van der Waals surface area contributed by atoms with Crippen LogP contribution < -0.4 is 20.7 Å². The Kier molecular flexibility index (Phi) is 3.46. The molecule has 8 heteroatoms. The summed E-state index contributed by atoms with van der Waals surface area (Å²) in [5.41, 5.74) is 0.0381. The first-order chi connectivity index (χ1) is 11.6. The number of nitrogens with one attached hydrogen (secondary N) is 1. The van der Waals surface area contributed by atoms with Gasteiger partial charge in [0.25, 0.3) is 5.56 Å². The number of H-pyrrole nitrogens is 1. The molecule has 0 saturated carbocycles. The van der Waals surface area contributed by atoms with Gasteiger partial charge in [0.05, 0.1) is 17.1 Å². The van der Waals surface area contributed by atoms with Gasteiger partial charge in [-0.1, -0.05) is 12.1 Å². The van der Waals surface area contributed by atoms with Crippen LogP contribution in [-0.2, 0) is 0 Å². The van der Waals surface area contributed by atoms with Crippen LogP contribution in [0.15, 0.2) is 55.6 Å². The average molecular weight is 388 g/mol. The number of nitrogens with zero attached hydrogens (tertiary/aromatic N) is 2. The molecule has 0 bridgehead atoms.